The summed E-state index contributed by atoms with van der Waals surface area (Å²) >= 11 is 1.51. The molecule has 0 saturated carbocycles. The fourth-order valence-corrected chi connectivity index (χ4v) is 5.03. The maximum Gasteiger partial charge on any atom is 0.269 e. The predicted molar refractivity (Wildman–Crippen MR) is 142 cm³/mol. The minimum absolute atomic E-state index is 0.0244. The fraction of sp³-hybridized carbons (Fsp3) is 0.0769. The zero-order valence-corrected chi connectivity index (χ0v) is 20.0. The minimum Gasteiger partial charge on any atom is -0.494 e. The van der Waals surface area contributed by atoms with E-state index in [0.29, 0.717) is 23.1 Å². The van der Waals surface area contributed by atoms with Gasteiger partial charge in [0.1, 0.15) is 5.75 Å². The SMILES string of the molecule is CCOc1ccc2nc(N3NC(c4ccc([N+](=O)[O-])cc4)=NN3c3cccc4ccccc34)sc2c1. The molecule has 10 heteroatoms. The van der Waals surface area contributed by atoms with E-state index in [9.17, 15) is 10.1 Å². The van der Waals surface area contributed by atoms with E-state index in [4.69, 9.17) is 14.8 Å². The molecule has 0 spiro atoms. The quantitative estimate of drug-likeness (QED) is 0.232. The molecule has 0 unspecified atom stereocenters. The van der Waals surface area contributed by atoms with E-state index in [1.165, 1.54) is 23.5 Å². The number of hydrogen-bond acceptors (Lipinski definition) is 9. The molecule has 0 radical (unpaired) electrons. The molecular weight excluding hydrogens is 476 g/mol. The lowest BCUT2D eigenvalue weighted by Gasteiger charge is -2.26. The molecule has 0 fully saturated rings. The second-order valence-electron chi connectivity index (χ2n) is 8.02. The number of nitrogens with zero attached hydrogens (tertiary/aromatic N) is 5. The first-order chi connectivity index (χ1) is 17.6. The van der Waals surface area contributed by atoms with Gasteiger partial charge in [-0.25, -0.2) is 4.98 Å². The van der Waals surface area contributed by atoms with E-state index in [0.717, 1.165) is 32.4 Å². The second kappa shape index (κ2) is 8.82. The molecule has 0 amide bonds. The maximum absolute atomic E-state index is 11.1. The summed E-state index contributed by atoms with van der Waals surface area (Å²) in [5, 5.41) is 22.3. The van der Waals surface area contributed by atoms with E-state index in [-0.39, 0.29) is 5.69 Å². The molecule has 4 aromatic carbocycles. The number of aromatic nitrogens is 1. The highest BCUT2D eigenvalue weighted by molar-refractivity contribution is 7.22. The lowest BCUT2D eigenvalue weighted by atomic mass is 10.1. The Morgan fingerprint density at radius 3 is 2.64 bits per heavy atom. The Bertz CT molecular complexity index is 1630. The summed E-state index contributed by atoms with van der Waals surface area (Å²) in [6.07, 6.45) is 0. The number of thiazole rings is 1. The van der Waals surface area contributed by atoms with Gasteiger partial charge in [-0.05, 0) is 48.7 Å². The molecule has 6 rings (SSSR count). The van der Waals surface area contributed by atoms with Crippen LogP contribution in [0.3, 0.4) is 0 Å². The molecule has 0 saturated heterocycles. The minimum atomic E-state index is -0.417. The van der Waals surface area contributed by atoms with Crippen LogP contribution in [-0.2, 0) is 0 Å². The number of hydrogen-bond donors (Lipinski definition) is 1. The van der Waals surface area contributed by atoms with Crippen LogP contribution >= 0.6 is 11.3 Å². The van der Waals surface area contributed by atoms with Gasteiger partial charge in [0.2, 0.25) is 5.13 Å². The van der Waals surface area contributed by atoms with Crippen LogP contribution in [0, 0.1) is 10.1 Å². The van der Waals surface area contributed by atoms with Crippen molar-refractivity contribution in [1.29, 1.82) is 0 Å². The van der Waals surface area contributed by atoms with Crippen LogP contribution in [0.25, 0.3) is 21.0 Å². The van der Waals surface area contributed by atoms with Crippen molar-refractivity contribution in [2.45, 2.75) is 6.92 Å². The Hall–Kier alpha value is -4.70. The van der Waals surface area contributed by atoms with Crippen LogP contribution in [0.4, 0.5) is 16.5 Å². The Morgan fingerprint density at radius 2 is 1.83 bits per heavy atom. The smallest absolute Gasteiger partial charge is 0.269 e. The number of fused-ring (bicyclic) bond motifs is 2. The molecule has 1 aliphatic rings. The molecule has 9 nitrogen and oxygen atoms in total. The van der Waals surface area contributed by atoms with Gasteiger partial charge >= 0.3 is 0 Å². The van der Waals surface area contributed by atoms with E-state index in [2.05, 4.69) is 23.6 Å². The summed E-state index contributed by atoms with van der Waals surface area (Å²) in [5.74, 6) is 1.34. The van der Waals surface area contributed by atoms with Gasteiger partial charge in [-0.3, -0.25) is 15.5 Å². The standard InChI is InChI=1S/C26H20N6O3S/c1-2-35-20-14-15-22-24(16-20)36-26(27-22)31-29-25(18-10-12-19(13-11-18)32(33)34)28-30(31)23-9-5-7-17-6-3-4-8-21(17)23/h3-16H,2H2,1H3,(H,28,29). The molecule has 1 N–H and O–H groups in total. The van der Waals surface area contributed by atoms with Crippen molar-refractivity contribution in [1.82, 2.24) is 10.4 Å². The molecule has 1 aromatic heterocycles. The Balaban J connectivity index is 1.45. The number of amidine groups is 1. The number of nitro benzene ring substituents is 1. The lowest BCUT2D eigenvalue weighted by Crippen LogP contribution is -2.44. The van der Waals surface area contributed by atoms with E-state index in [1.54, 1.807) is 22.4 Å². The highest BCUT2D eigenvalue weighted by atomic mass is 32.1. The predicted octanol–water partition coefficient (Wildman–Crippen LogP) is 5.86. The third-order valence-electron chi connectivity index (χ3n) is 5.77. The van der Waals surface area contributed by atoms with Crippen LogP contribution in [-0.4, -0.2) is 22.3 Å². The van der Waals surface area contributed by atoms with Gasteiger partial charge in [-0.15, -0.1) is 15.3 Å². The van der Waals surface area contributed by atoms with Crippen molar-refractivity contribution in [3.8, 4) is 5.75 Å². The summed E-state index contributed by atoms with van der Waals surface area (Å²) in [6.45, 7) is 2.54. The van der Waals surface area contributed by atoms with Crippen molar-refractivity contribution >= 4 is 54.7 Å². The number of anilines is 2. The summed E-state index contributed by atoms with van der Waals surface area (Å²) < 4.78 is 6.64. The van der Waals surface area contributed by atoms with Crippen molar-refractivity contribution in [3.63, 3.8) is 0 Å². The molecular formula is C26H20N6O3S. The number of nitro groups is 1. The third-order valence-corrected chi connectivity index (χ3v) is 6.76. The Kier molecular flexibility index (Phi) is 5.34. The molecule has 5 aromatic rings. The zero-order chi connectivity index (χ0) is 24.6. The Labute approximate surface area is 209 Å². The summed E-state index contributed by atoms with van der Waals surface area (Å²) in [6, 6.07) is 26.3. The van der Waals surface area contributed by atoms with Crippen molar-refractivity contribution in [2.75, 3.05) is 16.8 Å². The highest BCUT2D eigenvalue weighted by Crippen LogP contribution is 2.36. The lowest BCUT2D eigenvalue weighted by molar-refractivity contribution is -0.384. The Morgan fingerprint density at radius 1 is 1.03 bits per heavy atom. The maximum atomic E-state index is 11.1. The first kappa shape index (κ1) is 21.8. The molecule has 178 valence electrons. The fourth-order valence-electron chi connectivity index (χ4n) is 4.09. The van der Waals surface area contributed by atoms with Crippen molar-refractivity contribution in [2.24, 2.45) is 5.10 Å². The number of hydrazone groups is 1. The van der Waals surface area contributed by atoms with Crippen LogP contribution < -0.4 is 20.4 Å². The summed E-state index contributed by atoms with van der Waals surface area (Å²) in [4.78, 5) is 15.5. The van der Waals surface area contributed by atoms with Gasteiger partial charge in [0.25, 0.3) is 5.69 Å². The first-order valence-corrected chi connectivity index (χ1v) is 12.1. The molecule has 1 aliphatic heterocycles. The average molecular weight is 497 g/mol. The average Bonchev–Trinajstić information content (AvgIpc) is 3.53. The zero-order valence-electron chi connectivity index (χ0n) is 19.2. The van der Waals surface area contributed by atoms with Gasteiger partial charge in [0, 0.05) is 23.1 Å². The number of rotatable bonds is 6. The first-order valence-electron chi connectivity index (χ1n) is 11.3. The number of ether oxygens (including phenoxy) is 1. The second-order valence-corrected chi connectivity index (χ2v) is 9.03. The number of nitrogens with one attached hydrogen (secondary N) is 1. The monoisotopic (exact) mass is 496 g/mol. The van der Waals surface area contributed by atoms with Crippen LogP contribution in [0.15, 0.2) is 90.0 Å². The summed E-state index contributed by atoms with van der Waals surface area (Å²) in [5.41, 5.74) is 5.80. The molecule has 36 heavy (non-hydrogen) atoms. The normalized spacial score (nSPS) is 13.2. The van der Waals surface area contributed by atoms with Crippen LogP contribution in [0.1, 0.15) is 12.5 Å². The molecule has 0 atom stereocenters. The highest BCUT2D eigenvalue weighted by Gasteiger charge is 2.30. The van der Waals surface area contributed by atoms with Gasteiger partial charge in [-0.1, -0.05) is 47.7 Å². The van der Waals surface area contributed by atoms with Crippen LogP contribution in [0.5, 0.6) is 5.75 Å². The topological polar surface area (TPSA) is 96.1 Å². The third kappa shape index (κ3) is 3.83. The molecule has 0 aliphatic carbocycles. The van der Waals surface area contributed by atoms with E-state index >= 15 is 0 Å². The van der Waals surface area contributed by atoms with E-state index < -0.39 is 4.92 Å². The van der Waals surface area contributed by atoms with Crippen LogP contribution in [0.2, 0.25) is 0 Å². The number of benzene rings is 4. The number of hydrazine groups is 2. The van der Waals surface area contributed by atoms with E-state index in [1.807, 2.05) is 49.4 Å². The molecule has 2 heterocycles. The van der Waals surface area contributed by atoms with Gasteiger partial charge in [0.15, 0.2) is 5.84 Å². The van der Waals surface area contributed by atoms with Gasteiger partial charge in [-0.2, -0.15) is 0 Å². The van der Waals surface area contributed by atoms with Gasteiger partial charge < -0.3 is 4.74 Å². The molecule has 0 bridgehead atoms. The number of non-ortho nitro benzene ring substituents is 1. The van der Waals surface area contributed by atoms with Gasteiger partial charge in [0.05, 0.1) is 27.4 Å². The van der Waals surface area contributed by atoms with Crippen molar-refractivity contribution < 1.29 is 9.66 Å². The summed E-state index contributed by atoms with van der Waals surface area (Å²) in [7, 11) is 0. The van der Waals surface area contributed by atoms with Crippen molar-refractivity contribution in [3.05, 3.63) is 101 Å². The largest absolute Gasteiger partial charge is 0.494 e.